The van der Waals surface area contributed by atoms with Crippen LogP contribution in [-0.2, 0) is 17.6 Å². The number of nitrogens with two attached hydrogens (primary N) is 1. The molecule has 25 heavy (non-hydrogen) atoms. The molecule has 0 radical (unpaired) electrons. The van der Waals surface area contributed by atoms with Gasteiger partial charge in [0, 0.05) is 10.8 Å². The Balaban J connectivity index is 1.86. The third-order valence-corrected chi connectivity index (χ3v) is 6.98. The van der Waals surface area contributed by atoms with Crippen LogP contribution in [0.4, 0.5) is 5.00 Å². The second kappa shape index (κ2) is 7.08. The number of anilines is 1. The van der Waals surface area contributed by atoms with Crippen molar-refractivity contribution in [3.8, 4) is 0 Å². The van der Waals surface area contributed by atoms with Crippen molar-refractivity contribution >= 4 is 28.2 Å². The predicted molar refractivity (Wildman–Crippen MR) is 100 cm³/mol. The first-order valence-corrected chi connectivity index (χ1v) is 10.0. The van der Waals surface area contributed by atoms with Crippen molar-refractivity contribution < 1.29 is 14.7 Å². The van der Waals surface area contributed by atoms with E-state index in [4.69, 9.17) is 5.73 Å². The standard InChI is InChI=1S/C19H28N2O3S/c1-19(2)8-7-14-13(9-19)15(18(23)24)17(25-14)21-16(22)12-6-4-3-5-11(12)10-20/h11-12H,3-10,20H2,1-2H3,(H,21,22)(H,23,24)/t11-,12+/m0/s1. The summed E-state index contributed by atoms with van der Waals surface area (Å²) in [6.07, 6.45) is 6.67. The van der Waals surface area contributed by atoms with Crippen LogP contribution in [0.1, 0.15) is 66.8 Å². The molecule has 4 N–H and O–H groups in total. The average Bonchev–Trinajstić information content (AvgIpc) is 2.90. The molecule has 1 aromatic heterocycles. The molecule has 0 aromatic carbocycles. The highest BCUT2D eigenvalue weighted by Crippen LogP contribution is 2.44. The number of hydrogen-bond donors (Lipinski definition) is 3. The number of carbonyl (C=O) groups is 2. The highest BCUT2D eigenvalue weighted by Gasteiger charge is 2.35. The van der Waals surface area contributed by atoms with Gasteiger partial charge in [-0.3, -0.25) is 4.79 Å². The number of amides is 1. The molecular weight excluding hydrogens is 336 g/mol. The molecular formula is C19H28N2O3S. The Kier molecular flexibility index (Phi) is 5.21. The minimum absolute atomic E-state index is 0.0597. The summed E-state index contributed by atoms with van der Waals surface area (Å²) in [5.41, 5.74) is 7.17. The Morgan fingerprint density at radius 2 is 2.04 bits per heavy atom. The number of carbonyl (C=O) groups excluding carboxylic acids is 1. The Morgan fingerprint density at radius 3 is 2.72 bits per heavy atom. The van der Waals surface area contributed by atoms with Gasteiger partial charge in [-0.25, -0.2) is 4.79 Å². The lowest BCUT2D eigenvalue weighted by Gasteiger charge is -2.29. The molecule has 1 fully saturated rings. The summed E-state index contributed by atoms with van der Waals surface area (Å²) in [5.74, 6) is -0.897. The van der Waals surface area contributed by atoms with E-state index in [1.807, 2.05) is 0 Å². The van der Waals surface area contributed by atoms with E-state index in [1.165, 1.54) is 11.3 Å². The molecule has 0 bridgehead atoms. The van der Waals surface area contributed by atoms with Crippen LogP contribution in [0, 0.1) is 17.3 Å². The largest absolute Gasteiger partial charge is 0.478 e. The molecule has 0 unspecified atom stereocenters. The smallest absolute Gasteiger partial charge is 0.339 e. The summed E-state index contributed by atoms with van der Waals surface area (Å²) >= 11 is 1.45. The van der Waals surface area contributed by atoms with Gasteiger partial charge in [0.15, 0.2) is 0 Å². The summed E-state index contributed by atoms with van der Waals surface area (Å²) in [5, 5.41) is 13.2. The number of hydrogen-bond acceptors (Lipinski definition) is 4. The van der Waals surface area contributed by atoms with Gasteiger partial charge in [-0.2, -0.15) is 0 Å². The van der Waals surface area contributed by atoms with Crippen molar-refractivity contribution in [1.82, 2.24) is 0 Å². The van der Waals surface area contributed by atoms with Crippen LogP contribution in [0.25, 0.3) is 0 Å². The highest BCUT2D eigenvalue weighted by molar-refractivity contribution is 7.17. The van der Waals surface area contributed by atoms with Crippen LogP contribution in [0.3, 0.4) is 0 Å². The Bertz CT molecular complexity index is 680. The molecule has 138 valence electrons. The van der Waals surface area contributed by atoms with E-state index in [2.05, 4.69) is 19.2 Å². The van der Waals surface area contributed by atoms with Gasteiger partial charge in [0.05, 0.1) is 5.56 Å². The molecule has 6 heteroatoms. The number of fused-ring (bicyclic) bond motifs is 1. The Morgan fingerprint density at radius 1 is 1.32 bits per heavy atom. The average molecular weight is 365 g/mol. The van der Waals surface area contributed by atoms with Crippen LogP contribution in [0.2, 0.25) is 0 Å². The molecule has 2 aliphatic rings. The second-order valence-electron chi connectivity index (χ2n) is 8.23. The minimum atomic E-state index is -0.940. The van der Waals surface area contributed by atoms with Crippen LogP contribution in [0.15, 0.2) is 0 Å². The van der Waals surface area contributed by atoms with Crippen molar-refractivity contribution in [1.29, 1.82) is 0 Å². The number of aryl methyl sites for hydroxylation is 1. The summed E-state index contributed by atoms with van der Waals surface area (Å²) in [6.45, 7) is 4.86. The monoisotopic (exact) mass is 364 g/mol. The number of rotatable bonds is 4. The zero-order valence-corrected chi connectivity index (χ0v) is 15.9. The van der Waals surface area contributed by atoms with E-state index in [-0.39, 0.29) is 23.2 Å². The lowest BCUT2D eigenvalue weighted by atomic mass is 9.76. The van der Waals surface area contributed by atoms with Gasteiger partial charge in [0.25, 0.3) is 0 Å². The second-order valence-corrected chi connectivity index (χ2v) is 9.34. The fourth-order valence-electron chi connectivity index (χ4n) is 4.27. The summed E-state index contributed by atoms with van der Waals surface area (Å²) in [7, 11) is 0. The molecule has 1 aromatic rings. The fourth-order valence-corrected chi connectivity index (χ4v) is 5.49. The molecule has 1 amide bonds. The van der Waals surface area contributed by atoms with Crippen LogP contribution in [0.5, 0.6) is 0 Å². The van der Waals surface area contributed by atoms with Gasteiger partial charge >= 0.3 is 5.97 Å². The number of nitrogens with one attached hydrogen (secondary N) is 1. The van der Waals surface area contributed by atoms with E-state index < -0.39 is 5.97 Å². The maximum atomic E-state index is 12.8. The van der Waals surface area contributed by atoms with Crippen molar-refractivity contribution in [2.45, 2.75) is 58.8 Å². The first kappa shape index (κ1) is 18.4. The molecule has 5 nitrogen and oxygen atoms in total. The van der Waals surface area contributed by atoms with Crippen LogP contribution in [-0.4, -0.2) is 23.5 Å². The summed E-state index contributed by atoms with van der Waals surface area (Å²) in [6, 6.07) is 0. The first-order valence-electron chi connectivity index (χ1n) is 9.21. The van der Waals surface area contributed by atoms with Crippen LogP contribution < -0.4 is 11.1 Å². The van der Waals surface area contributed by atoms with E-state index in [9.17, 15) is 14.7 Å². The maximum absolute atomic E-state index is 12.8. The number of carboxylic acid groups (broad SMARTS) is 1. The number of carboxylic acids is 1. The zero-order chi connectivity index (χ0) is 18.2. The molecule has 0 aliphatic heterocycles. The molecule has 0 saturated heterocycles. The van der Waals surface area contributed by atoms with Gasteiger partial charge in [0.2, 0.25) is 5.91 Å². The predicted octanol–water partition coefficient (Wildman–Crippen LogP) is 3.66. The number of aromatic carboxylic acids is 1. The molecule has 2 atom stereocenters. The van der Waals surface area contributed by atoms with E-state index >= 15 is 0 Å². The minimum Gasteiger partial charge on any atom is -0.478 e. The van der Waals surface area contributed by atoms with Crippen molar-refractivity contribution in [3.05, 3.63) is 16.0 Å². The molecule has 3 rings (SSSR count). The normalized spacial score (nSPS) is 25.2. The topological polar surface area (TPSA) is 92.4 Å². The summed E-state index contributed by atoms with van der Waals surface area (Å²) < 4.78 is 0. The van der Waals surface area contributed by atoms with E-state index in [1.54, 1.807) is 0 Å². The van der Waals surface area contributed by atoms with Gasteiger partial charge in [-0.05, 0) is 55.5 Å². The summed E-state index contributed by atoms with van der Waals surface area (Å²) in [4.78, 5) is 25.8. The maximum Gasteiger partial charge on any atom is 0.339 e. The quantitative estimate of drug-likeness (QED) is 0.760. The van der Waals surface area contributed by atoms with Gasteiger partial charge in [-0.1, -0.05) is 26.7 Å². The first-order chi connectivity index (χ1) is 11.8. The van der Waals surface area contributed by atoms with E-state index in [0.717, 1.165) is 55.4 Å². The highest BCUT2D eigenvalue weighted by atomic mass is 32.1. The van der Waals surface area contributed by atoms with E-state index in [0.29, 0.717) is 17.1 Å². The SMILES string of the molecule is CC1(C)CCc2sc(NC(=O)[C@@H]3CCCC[C@H]3CN)c(C(=O)O)c2C1. The van der Waals surface area contributed by atoms with Gasteiger partial charge in [-0.15, -0.1) is 11.3 Å². The third kappa shape index (κ3) is 3.75. The molecule has 2 aliphatic carbocycles. The third-order valence-electron chi connectivity index (χ3n) is 5.77. The van der Waals surface area contributed by atoms with Crippen molar-refractivity contribution in [3.63, 3.8) is 0 Å². The molecule has 0 spiro atoms. The lowest BCUT2D eigenvalue weighted by Crippen LogP contribution is -2.35. The Labute approximate surface area is 153 Å². The van der Waals surface area contributed by atoms with Gasteiger partial charge < -0.3 is 16.2 Å². The molecule has 1 saturated carbocycles. The van der Waals surface area contributed by atoms with Crippen molar-refractivity contribution in [2.24, 2.45) is 23.0 Å². The van der Waals surface area contributed by atoms with Crippen LogP contribution >= 0.6 is 11.3 Å². The van der Waals surface area contributed by atoms with Crippen molar-refractivity contribution in [2.75, 3.05) is 11.9 Å². The fraction of sp³-hybridized carbons (Fsp3) is 0.684. The number of thiophene rings is 1. The molecule has 1 heterocycles. The van der Waals surface area contributed by atoms with Gasteiger partial charge in [0.1, 0.15) is 5.00 Å². The Hall–Kier alpha value is -1.40. The lowest BCUT2D eigenvalue weighted by molar-refractivity contribution is -0.122. The zero-order valence-electron chi connectivity index (χ0n) is 15.1.